The molecule has 1 saturated heterocycles. The van der Waals surface area contributed by atoms with Crippen LogP contribution in [0.4, 0.5) is 0 Å². The summed E-state index contributed by atoms with van der Waals surface area (Å²) in [4.78, 5) is 11.7. The number of hydrogen-bond donors (Lipinski definition) is 2. The van der Waals surface area contributed by atoms with Gasteiger partial charge in [0.15, 0.2) is 0 Å². The zero-order valence-electron chi connectivity index (χ0n) is 10.4. The minimum absolute atomic E-state index is 0.142. The molecule has 1 fully saturated rings. The Kier molecular flexibility index (Phi) is 4.14. The molecule has 3 nitrogen and oxygen atoms in total. The lowest BCUT2D eigenvalue weighted by molar-refractivity contribution is -0.123. The Bertz CT molecular complexity index is 214. The Balaban J connectivity index is 2.29. The predicted molar refractivity (Wildman–Crippen MR) is 62.7 cm³/mol. The summed E-state index contributed by atoms with van der Waals surface area (Å²) in [5.41, 5.74) is 0.142. The molecule has 0 spiro atoms. The van der Waals surface area contributed by atoms with Crippen LogP contribution >= 0.6 is 0 Å². The maximum atomic E-state index is 11.7. The van der Waals surface area contributed by atoms with Crippen molar-refractivity contribution in [3.05, 3.63) is 0 Å². The molecule has 0 aliphatic carbocycles. The molecule has 0 aromatic heterocycles. The van der Waals surface area contributed by atoms with Crippen molar-refractivity contribution < 1.29 is 4.79 Å². The third kappa shape index (κ3) is 4.20. The van der Waals surface area contributed by atoms with Gasteiger partial charge in [-0.25, -0.2) is 0 Å². The molecule has 0 radical (unpaired) electrons. The van der Waals surface area contributed by atoms with Gasteiger partial charge in [-0.3, -0.25) is 4.79 Å². The first-order valence-corrected chi connectivity index (χ1v) is 5.89. The van der Waals surface area contributed by atoms with Gasteiger partial charge in [0.05, 0.1) is 0 Å². The molecule has 88 valence electrons. The fourth-order valence-electron chi connectivity index (χ4n) is 1.67. The lowest BCUT2D eigenvalue weighted by atomic mass is 9.88. The average Bonchev–Trinajstić information content (AvgIpc) is 2.54. The topological polar surface area (TPSA) is 41.1 Å². The minimum atomic E-state index is 0.142. The normalized spacial score (nSPS) is 23.9. The first kappa shape index (κ1) is 12.5. The van der Waals surface area contributed by atoms with Crippen molar-refractivity contribution in [3.8, 4) is 0 Å². The van der Waals surface area contributed by atoms with Crippen molar-refractivity contribution in [2.75, 3.05) is 13.1 Å². The molecular formula is C12H24N2O. The first-order chi connectivity index (χ1) is 6.89. The van der Waals surface area contributed by atoms with Crippen LogP contribution in [0.15, 0.2) is 0 Å². The molecule has 1 amide bonds. The van der Waals surface area contributed by atoms with Crippen molar-refractivity contribution in [2.45, 2.75) is 46.6 Å². The number of rotatable bonds is 3. The van der Waals surface area contributed by atoms with Crippen LogP contribution in [0.1, 0.15) is 40.5 Å². The molecule has 0 aromatic carbocycles. The van der Waals surface area contributed by atoms with Gasteiger partial charge in [0.25, 0.3) is 0 Å². The minimum Gasteiger partial charge on any atom is -0.353 e. The molecule has 3 heteroatoms. The summed E-state index contributed by atoms with van der Waals surface area (Å²) in [5, 5.41) is 6.36. The van der Waals surface area contributed by atoms with Crippen LogP contribution in [0.2, 0.25) is 0 Å². The van der Waals surface area contributed by atoms with Gasteiger partial charge in [-0.2, -0.15) is 0 Å². The van der Waals surface area contributed by atoms with Crippen LogP contribution in [-0.4, -0.2) is 25.0 Å². The van der Waals surface area contributed by atoms with E-state index in [-0.39, 0.29) is 17.4 Å². The highest BCUT2D eigenvalue weighted by molar-refractivity contribution is 5.76. The molecular weight excluding hydrogens is 188 g/mol. The third-order valence-electron chi connectivity index (χ3n) is 3.31. The summed E-state index contributed by atoms with van der Waals surface area (Å²) < 4.78 is 0. The van der Waals surface area contributed by atoms with Gasteiger partial charge < -0.3 is 10.6 Å². The monoisotopic (exact) mass is 212 g/mol. The van der Waals surface area contributed by atoms with E-state index in [1.807, 2.05) is 0 Å². The molecule has 2 unspecified atom stereocenters. The Labute approximate surface area is 93.0 Å². The second-order valence-electron chi connectivity index (χ2n) is 5.72. The van der Waals surface area contributed by atoms with E-state index in [0.29, 0.717) is 12.3 Å². The van der Waals surface area contributed by atoms with E-state index in [9.17, 15) is 4.79 Å². The molecule has 1 heterocycles. The van der Waals surface area contributed by atoms with Crippen LogP contribution in [-0.2, 0) is 4.79 Å². The summed E-state index contributed by atoms with van der Waals surface area (Å²) in [6, 6.07) is 0.236. The van der Waals surface area contributed by atoms with Crippen LogP contribution in [0.25, 0.3) is 0 Å². The summed E-state index contributed by atoms with van der Waals surface area (Å²) in [6.45, 7) is 10.6. The van der Waals surface area contributed by atoms with Crippen molar-refractivity contribution in [1.82, 2.24) is 10.6 Å². The van der Waals surface area contributed by atoms with E-state index in [0.717, 1.165) is 19.5 Å². The Morgan fingerprint density at radius 3 is 2.67 bits per heavy atom. The van der Waals surface area contributed by atoms with Crippen LogP contribution in [0, 0.1) is 11.3 Å². The van der Waals surface area contributed by atoms with Crippen LogP contribution in [0.3, 0.4) is 0 Å². The van der Waals surface area contributed by atoms with Gasteiger partial charge in [0.2, 0.25) is 5.91 Å². The summed E-state index contributed by atoms with van der Waals surface area (Å²) in [7, 11) is 0. The highest BCUT2D eigenvalue weighted by Crippen LogP contribution is 2.19. The van der Waals surface area contributed by atoms with E-state index in [2.05, 4.69) is 38.3 Å². The number of amides is 1. The highest BCUT2D eigenvalue weighted by atomic mass is 16.1. The second kappa shape index (κ2) is 4.97. The van der Waals surface area contributed by atoms with Crippen molar-refractivity contribution in [2.24, 2.45) is 11.3 Å². The Morgan fingerprint density at radius 2 is 2.20 bits per heavy atom. The maximum absolute atomic E-state index is 11.7. The van der Waals surface area contributed by atoms with Gasteiger partial charge in [0.1, 0.15) is 0 Å². The van der Waals surface area contributed by atoms with E-state index in [4.69, 9.17) is 0 Å². The molecule has 1 aliphatic rings. The predicted octanol–water partition coefficient (Wildman–Crippen LogP) is 1.54. The molecule has 15 heavy (non-hydrogen) atoms. The van der Waals surface area contributed by atoms with Crippen LogP contribution in [0.5, 0.6) is 0 Å². The zero-order valence-corrected chi connectivity index (χ0v) is 10.4. The smallest absolute Gasteiger partial charge is 0.220 e. The standard InChI is InChI=1S/C12H24N2O/c1-9(12(2,3)4)14-11(15)7-10-5-6-13-8-10/h9-10,13H,5-8H2,1-4H3,(H,14,15). The second-order valence-corrected chi connectivity index (χ2v) is 5.72. The lowest BCUT2D eigenvalue weighted by Gasteiger charge is -2.28. The molecule has 0 aromatic rings. The number of nitrogens with one attached hydrogen (secondary N) is 2. The molecule has 2 N–H and O–H groups in total. The largest absolute Gasteiger partial charge is 0.353 e. The number of carbonyl (C=O) groups is 1. The van der Waals surface area contributed by atoms with Gasteiger partial charge in [-0.15, -0.1) is 0 Å². The van der Waals surface area contributed by atoms with E-state index in [1.165, 1.54) is 0 Å². The maximum Gasteiger partial charge on any atom is 0.220 e. The summed E-state index contributed by atoms with van der Waals surface area (Å²) in [6.07, 6.45) is 1.81. The average molecular weight is 212 g/mol. The molecule has 0 saturated carbocycles. The number of carbonyl (C=O) groups excluding carboxylic acids is 1. The SMILES string of the molecule is CC(NC(=O)CC1CCNC1)C(C)(C)C. The van der Waals surface area contributed by atoms with Gasteiger partial charge >= 0.3 is 0 Å². The molecule has 2 atom stereocenters. The van der Waals surface area contributed by atoms with Gasteiger partial charge in [0, 0.05) is 12.5 Å². The zero-order chi connectivity index (χ0) is 11.5. The van der Waals surface area contributed by atoms with Crippen molar-refractivity contribution in [3.63, 3.8) is 0 Å². The van der Waals surface area contributed by atoms with Crippen molar-refractivity contribution in [1.29, 1.82) is 0 Å². The summed E-state index contributed by atoms with van der Waals surface area (Å²) in [5.74, 6) is 0.739. The summed E-state index contributed by atoms with van der Waals surface area (Å²) >= 11 is 0. The third-order valence-corrected chi connectivity index (χ3v) is 3.31. The van der Waals surface area contributed by atoms with E-state index >= 15 is 0 Å². The Hall–Kier alpha value is -0.570. The first-order valence-electron chi connectivity index (χ1n) is 5.89. The fraction of sp³-hybridized carbons (Fsp3) is 0.917. The van der Waals surface area contributed by atoms with Gasteiger partial charge in [-0.1, -0.05) is 20.8 Å². The fourth-order valence-corrected chi connectivity index (χ4v) is 1.67. The Morgan fingerprint density at radius 1 is 1.53 bits per heavy atom. The quantitative estimate of drug-likeness (QED) is 0.745. The molecule has 1 aliphatic heterocycles. The lowest BCUT2D eigenvalue weighted by Crippen LogP contribution is -2.42. The van der Waals surface area contributed by atoms with E-state index < -0.39 is 0 Å². The van der Waals surface area contributed by atoms with Crippen LogP contribution < -0.4 is 10.6 Å². The van der Waals surface area contributed by atoms with E-state index in [1.54, 1.807) is 0 Å². The molecule has 1 rings (SSSR count). The van der Waals surface area contributed by atoms with Gasteiger partial charge in [-0.05, 0) is 37.8 Å². The number of hydrogen-bond acceptors (Lipinski definition) is 2. The van der Waals surface area contributed by atoms with Crippen molar-refractivity contribution >= 4 is 5.91 Å². The highest BCUT2D eigenvalue weighted by Gasteiger charge is 2.23. The molecule has 0 bridgehead atoms.